The third-order valence-electron chi connectivity index (χ3n) is 3.06. The summed E-state index contributed by atoms with van der Waals surface area (Å²) < 4.78 is 45.4. The molecule has 0 aliphatic heterocycles. The van der Waals surface area contributed by atoms with Crippen LogP contribution in [0.1, 0.15) is 51.9 Å². The Bertz CT molecular complexity index is 652. The summed E-state index contributed by atoms with van der Waals surface area (Å²) in [5, 5.41) is 0.603. The van der Waals surface area contributed by atoms with Crippen molar-refractivity contribution in [3.8, 4) is 0 Å². The van der Waals surface area contributed by atoms with Gasteiger partial charge in [0.05, 0.1) is 0 Å². The summed E-state index contributed by atoms with van der Waals surface area (Å²) in [6.07, 6.45) is 2.10. The molecule has 0 spiro atoms. The first kappa shape index (κ1) is 8.06. The van der Waals surface area contributed by atoms with E-state index in [1.54, 1.807) is 24.4 Å². The minimum Gasteiger partial charge on any atom is -0.261 e. The number of hydrogen-bond acceptors (Lipinski definition) is 1. The van der Waals surface area contributed by atoms with Crippen LogP contribution in [0, 0.1) is 5.92 Å². The topological polar surface area (TPSA) is 12.9 Å². The predicted molar refractivity (Wildman–Crippen MR) is 81.6 cm³/mol. The molecule has 1 heterocycles. The lowest BCUT2D eigenvalue weighted by atomic mass is 9.88. The molecule has 1 atom stereocenters. The van der Waals surface area contributed by atoms with Crippen molar-refractivity contribution in [2.24, 2.45) is 5.92 Å². The smallest absolute Gasteiger partial charge is 0.0478 e. The maximum atomic E-state index is 7.57. The second-order valence-electron chi connectivity index (χ2n) is 4.49. The third kappa shape index (κ3) is 4.07. The molecule has 19 heavy (non-hydrogen) atoms. The predicted octanol–water partition coefficient (Wildman–Crippen LogP) is 5.30. The minimum atomic E-state index is -2.53. The van der Waals surface area contributed by atoms with Gasteiger partial charge in [-0.25, -0.2) is 0 Å². The normalized spacial score (nSPS) is 18.6. The summed E-state index contributed by atoms with van der Waals surface area (Å²) in [5.74, 6) is -1.55. The summed E-state index contributed by atoms with van der Waals surface area (Å²) in [5.41, 5.74) is 1.71. The van der Waals surface area contributed by atoms with Gasteiger partial charge in [0, 0.05) is 31.1 Å². The van der Waals surface area contributed by atoms with E-state index in [0.29, 0.717) is 11.4 Å². The first-order chi connectivity index (χ1) is 11.6. The Kier molecular flexibility index (Phi) is 2.85. The molecular formula is C17H20ClN. The molecule has 0 fully saturated rings. The molecule has 0 radical (unpaired) electrons. The maximum absolute atomic E-state index is 7.57. The van der Waals surface area contributed by atoms with Gasteiger partial charge in [0.1, 0.15) is 0 Å². The average molecular weight is 280 g/mol. The Morgan fingerprint density at radius 2 is 1.89 bits per heavy atom. The fourth-order valence-corrected chi connectivity index (χ4v) is 2.22. The molecule has 2 rings (SSSR count). The molecule has 0 aliphatic carbocycles. The van der Waals surface area contributed by atoms with Crippen LogP contribution in [-0.4, -0.2) is 4.98 Å². The van der Waals surface area contributed by atoms with Gasteiger partial charge < -0.3 is 0 Å². The highest BCUT2D eigenvalue weighted by molar-refractivity contribution is 6.30. The molecule has 0 N–H and O–H groups in total. The summed E-state index contributed by atoms with van der Waals surface area (Å²) in [7, 11) is 0. The van der Waals surface area contributed by atoms with Gasteiger partial charge in [-0.1, -0.05) is 49.9 Å². The molecule has 0 saturated heterocycles. The standard InChI is InChI=1S/C17H20ClN/c1-13(2)6-11-16(17-5-3-4-12-19-17)14-7-9-15(18)10-8-14/h3-5,7-10,12-13,16H,6,11H2,1-2H3/t16-/m1/s1/i1D3,2D3. The average Bonchev–Trinajstić information content (AvgIpc) is 2.51. The zero-order valence-corrected chi connectivity index (χ0v) is 11.3. The Balaban J connectivity index is 2.29. The van der Waals surface area contributed by atoms with Gasteiger partial charge >= 0.3 is 0 Å². The molecular weight excluding hydrogens is 254 g/mol. The second kappa shape index (κ2) is 6.72. The minimum absolute atomic E-state index is 0.0524. The lowest BCUT2D eigenvalue weighted by Crippen LogP contribution is -2.05. The van der Waals surface area contributed by atoms with E-state index >= 15 is 0 Å². The van der Waals surface area contributed by atoms with Crippen LogP contribution < -0.4 is 0 Å². The Hall–Kier alpha value is -1.34. The Morgan fingerprint density at radius 3 is 2.53 bits per heavy atom. The van der Waals surface area contributed by atoms with Crippen molar-refractivity contribution in [3.63, 3.8) is 0 Å². The highest BCUT2D eigenvalue weighted by Crippen LogP contribution is 2.30. The van der Waals surface area contributed by atoms with E-state index in [2.05, 4.69) is 4.98 Å². The maximum Gasteiger partial charge on any atom is 0.0478 e. The van der Waals surface area contributed by atoms with Gasteiger partial charge in [-0.05, 0) is 42.2 Å². The highest BCUT2D eigenvalue weighted by atomic mass is 35.5. The summed E-state index contributed by atoms with van der Waals surface area (Å²) in [4.78, 5) is 4.37. The van der Waals surface area contributed by atoms with Gasteiger partial charge in [0.2, 0.25) is 0 Å². The number of pyridine rings is 1. The lowest BCUT2D eigenvalue weighted by molar-refractivity contribution is 0.524. The van der Waals surface area contributed by atoms with Crippen LogP contribution in [0.5, 0.6) is 0 Å². The molecule has 0 unspecified atom stereocenters. The molecule has 0 amide bonds. The van der Waals surface area contributed by atoms with E-state index in [-0.39, 0.29) is 12.3 Å². The van der Waals surface area contributed by atoms with Crippen molar-refractivity contribution in [1.82, 2.24) is 4.98 Å². The number of halogens is 1. The van der Waals surface area contributed by atoms with E-state index in [0.717, 1.165) is 11.3 Å². The Morgan fingerprint density at radius 1 is 1.11 bits per heavy atom. The lowest BCUT2D eigenvalue weighted by Gasteiger charge is -2.18. The van der Waals surface area contributed by atoms with Crippen LogP contribution in [0.15, 0.2) is 48.7 Å². The monoisotopic (exact) mass is 279 g/mol. The van der Waals surface area contributed by atoms with Crippen LogP contribution in [0.25, 0.3) is 0 Å². The first-order valence-corrected chi connectivity index (χ1v) is 6.63. The van der Waals surface area contributed by atoms with E-state index < -0.39 is 19.6 Å². The molecule has 0 bridgehead atoms. The van der Waals surface area contributed by atoms with Gasteiger partial charge in [0.25, 0.3) is 0 Å². The fourth-order valence-electron chi connectivity index (χ4n) is 2.10. The molecule has 0 aliphatic rings. The molecule has 2 aromatic rings. The van der Waals surface area contributed by atoms with E-state index in [9.17, 15) is 0 Å². The zero-order valence-electron chi connectivity index (χ0n) is 16.5. The van der Waals surface area contributed by atoms with E-state index in [1.165, 1.54) is 0 Å². The van der Waals surface area contributed by atoms with Crippen LogP contribution in [0.2, 0.25) is 5.02 Å². The van der Waals surface area contributed by atoms with Crippen LogP contribution in [0.4, 0.5) is 0 Å². The number of rotatable bonds is 5. The van der Waals surface area contributed by atoms with Gasteiger partial charge in [-0.15, -0.1) is 0 Å². The largest absolute Gasteiger partial charge is 0.261 e. The van der Waals surface area contributed by atoms with Gasteiger partial charge in [0.15, 0.2) is 0 Å². The van der Waals surface area contributed by atoms with Crippen LogP contribution in [-0.2, 0) is 0 Å². The first-order valence-electron chi connectivity index (χ1n) is 9.25. The molecule has 1 aromatic carbocycles. The van der Waals surface area contributed by atoms with Crippen LogP contribution in [0.3, 0.4) is 0 Å². The Labute approximate surface area is 129 Å². The van der Waals surface area contributed by atoms with Crippen molar-refractivity contribution < 1.29 is 8.22 Å². The quantitative estimate of drug-likeness (QED) is 0.723. The molecule has 1 nitrogen and oxygen atoms in total. The SMILES string of the molecule is [2H]C([2H])([2H])C(CC[C@H](c1ccc(Cl)cc1)c1ccccn1)C([2H])([2H])[2H]. The third-order valence-corrected chi connectivity index (χ3v) is 3.31. The number of aromatic nitrogens is 1. The summed E-state index contributed by atoms with van der Waals surface area (Å²) >= 11 is 5.95. The summed E-state index contributed by atoms with van der Waals surface area (Å²) in [6.45, 7) is -5.06. The van der Waals surface area contributed by atoms with Crippen molar-refractivity contribution >= 4 is 11.6 Å². The molecule has 0 saturated carbocycles. The molecule has 100 valence electrons. The fraction of sp³-hybridized carbons (Fsp3) is 0.353. The van der Waals surface area contributed by atoms with E-state index in [1.807, 2.05) is 24.3 Å². The van der Waals surface area contributed by atoms with Crippen molar-refractivity contribution in [1.29, 1.82) is 0 Å². The number of hydrogen-bond donors (Lipinski definition) is 0. The van der Waals surface area contributed by atoms with Gasteiger partial charge in [-0.3, -0.25) is 4.98 Å². The number of benzene rings is 1. The second-order valence-corrected chi connectivity index (χ2v) is 4.93. The zero-order chi connectivity index (χ0) is 18.7. The van der Waals surface area contributed by atoms with Gasteiger partial charge in [-0.2, -0.15) is 0 Å². The highest BCUT2D eigenvalue weighted by Gasteiger charge is 2.15. The van der Waals surface area contributed by atoms with Crippen molar-refractivity contribution in [2.45, 2.75) is 32.5 Å². The summed E-state index contributed by atoms with van der Waals surface area (Å²) in [6, 6.07) is 12.8. The number of nitrogens with zero attached hydrogens (tertiary/aromatic N) is 1. The van der Waals surface area contributed by atoms with E-state index in [4.69, 9.17) is 19.8 Å². The van der Waals surface area contributed by atoms with Crippen LogP contribution >= 0.6 is 11.6 Å². The van der Waals surface area contributed by atoms with Crippen molar-refractivity contribution in [3.05, 3.63) is 64.9 Å². The molecule has 2 heteroatoms. The molecule has 1 aromatic heterocycles. The van der Waals surface area contributed by atoms with Crippen molar-refractivity contribution in [2.75, 3.05) is 0 Å².